The second-order valence-electron chi connectivity index (χ2n) is 5.06. The van der Waals surface area contributed by atoms with E-state index < -0.39 is 0 Å². The first-order valence-electron chi connectivity index (χ1n) is 6.30. The highest BCUT2D eigenvalue weighted by Gasteiger charge is 2.35. The molecule has 0 spiro atoms. The maximum atomic E-state index is 11.6. The van der Waals surface area contributed by atoms with E-state index in [1.165, 1.54) is 37.3 Å². The minimum absolute atomic E-state index is 0.115. The molecule has 0 N–H and O–H groups in total. The van der Waals surface area contributed by atoms with Crippen LogP contribution in [0, 0.1) is 0 Å². The third kappa shape index (κ3) is 2.48. The molecule has 0 bridgehead atoms. The van der Waals surface area contributed by atoms with E-state index in [1.807, 2.05) is 0 Å². The van der Waals surface area contributed by atoms with Gasteiger partial charge in [-0.1, -0.05) is 6.42 Å². The first kappa shape index (κ1) is 11.7. The topological polar surface area (TPSA) is 32.8 Å². The molecule has 2 saturated heterocycles. The van der Waals surface area contributed by atoms with Crippen molar-refractivity contribution in [2.45, 2.75) is 44.2 Å². The molecule has 0 saturated carbocycles. The maximum Gasteiger partial charge on any atom is 0.409 e. The zero-order valence-electron chi connectivity index (χ0n) is 10.3. The second kappa shape index (κ2) is 5.04. The largest absolute Gasteiger partial charge is 0.444 e. The fraction of sp³-hybridized carbons (Fsp3) is 0.917. The van der Waals surface area contributed by atoms with Crippen molar-refractivity contribution in [2.75, 3.05) is 27.2 Å². The molecule has 2 aliphatic heterocycles. The molecule has 1 amide bonds. The van der Waals surface area contributed by atoms with Crippen molar-refractivity contribution >= 4 is 6.09 Å². The quantitative estimate of drug-likeness (QED) is 0.682. The average Bonchev–Trinajstić information content (AvgIpc) is 2.29. The van der Waals surface area contributed by atoms with Crippen molar-refractivity contribution in [1.82, 2.24) is 9.80 Å². The lowest BCUT2D eigenvalue weighted by atomic mass is 9.91. The molecule has 2 rings (SSSR count). The number of ether oxygens (including phenoxy) is 1. The highest BCUT2D eigenvalue weighted by molar-refractivity contribution is 5.67. The molecule has 0 aromatic heterocycles. The van der Waals surface area contributed by atoms with Gasteiger partial charge in [-0.15, -0.1) is 0 Å². The number of hydrogen-bond donors (Lipinski definition) is 0. The highest BCUT2D eigenvalue weighted by Crippen LogP contribution is 2.28. The lowest BCUT2D eigenvalue weighted by Crippen LogP contribution is -2.52. The Balaban J connectivity index is 1.94. The molecule has 2 fully saturated rings. The van der Waals surface area contributed by atoms with Gasteiger partial charge in [0.15, 0.2) is 0 Å². The van der Waals surface area contributed by atoms with Crippen LogP contribution in [0.4, 0.5) is 4.79 Å². The van der Waals surface area contributed by atoms with Crippen molar-refractivity contribution in [3.63, 3.8) is 0 Å². The number of carbonyl (C=O) groups excluding carboxylic acids is 1. The average molecular weight is 226 g/mol. The van der Waals surface area contributed by atoms with Crippen LogP contribution in [0.3, 0.4) is 0 Å². The van der Waals surface area contributed by atoms with Gasteiger partial charge in [-0.05, 0) is 38.8 Å². The van der Waals surface area contributed by atoms with Crippen molar-refractivity contribution in [2.24, 2.45) is 0 Å². The fourth-order valence-corrected chi connectivity index (χ4v) is 2.78. The van der Waals surface area contributed by atoms with Gasteiger partial charge in [0, 0.05) is 20.1 Å². The van der Waals surface area contributed by atoms with Crippen LogP contribution in [-0.4, -0.2) is 55.2 Å². The number of fused-ring (bicyclic) bond motifs is 1. The molecule has 2 aliphatic rings. The molecule has 16 heavy (non-hydrogen) atoms. The van der Waals surface area contributed by atoms with E-state index in [0.717, 1.165) is 12.8 Å². The smallest absolute Gasteiger partial charge is 0.409 e. The zero-order chi connectivity index (χ0) is 11.5. The van der Waals surface area contributed by atoms with Crippen LogP contribution < -0.4 is 0 Å². The Morgan fingerprint density at radius 3 is 2.69 bits per heavy atom. The summed E-state index contributed by atoms with van der Waals surface area (Å²) < 4.78 is 5.57. The van der Waals surface area contributed by atoms with E-state index in [0.29, 0.717) is 6.04 Å². The van der Waals surface area contributed by atoms with Crippen LogP contribution in [0.5, 0.6) is 0 Å². The van der Waals surface area contributed by atoms with Gasteiger partial charge in [-0.25, -0.2) is 4.79 Å². The lowest BCUT2D eigenvalue weighted by molar-refractivity contribution is -0.0275. The molecule has 4 nitrogen and oxygen atoms in total. The molecule has 0 aromatic carbocycles. The van der Waals surface area contributed by atoms with Gasteiger partial charge in [0.2, 0.25) is 0 Å². The number of piperidine rings is 2. The molecule has 0 aromatic rings. The Morgan fingerprint density at radius 1 is 1.19 bits per heavy atom. The van der Waals surface area contributed by atoms with E-state index in [1.54, 1.807) is 14.1 Å². The van der Waals surface area contributed by atoms with Crippen molar-refractivity contribution in [3.8, 4) is 0 Å². The zero-order valence-corrected chi connectivity index (χ0v) is 10.3. The van der Waals surface area contributed by atoms with E-state index >= 15 is 0 Å². The SMILES string of the molecule is CN(C)C(=O)OC1CCCN2CCCCC12. The van der Waals surface area contributed by atoms with Gasteiger partial charge in [-0.3, -0.25) is 4.90 Å². The van der Waals surface area contributed by atoms with Crippen LogP contribution in [0.2, 0.25) is 0 Å². The second-order valence-corrected chi connectivity index (χ2v) is 5.06. The van der Waals surface area contributed by atoms with Gasteiger partial charge in [0.1, 0.15) is 6.10 Å². The third-order valence-corrected chi connectivity index (χ3v) is 3.64. The first-order chi connectivity index (χ1) is 7.68. The van der Waals surface area contributed by atoms with Gasteiger partial charge in [0.05, 0.1) is 0 Å². The standard InChI is InChI=1S/C12H22N2O2/c1-13(2)12(15)16-11-7-5-9-14-8-4-3-6-10(11)14/h10-11H,3-9H2,1-2H3. The van der Waals surface area contributed by atoms with Gasteiger partial charge >= 0.3 is 6.09 Å². The van der Waals surface area contributed by atoms with Crippen LogP contribution in [-0.2, 0) is 4.74 Å². The lowest BCUT2D eigenvalue weighted by Gasteiger charge is -2.43. The Hall–Kier alpha value is -0.770. The fourth-order valence-electron chi connectivity index (χ4n) is 2.78. The summed E-state index contributed by atoms with van der Waals surface area (Å²) in [6.07, 6.45) is 5.86. The Morgan fingerprint density at radius 2 is 1.94 bits per heavy atom. The van der Waals surface area contributed by atoms with E-state index in [-0.39, 0.29) is 12.2 Å². The number of rotatable bonds is 1. The molecule has 92 valence electrons. The number of nitrogens with zero attached hydrogens (tertiary/aromatic N) is 2. The number of amides is 1. The Bertz CT molecular complexity index is 253. The summed E-state index contributed by atoms with van der Waals surface area (Å²) in [7, 11) is 3.48. The minimum atomic E-state index is -0.197. The van der Waals surface area contributed by atoms with Gasteiger partial charge in [0.25, 0.3) is 0 Å². The molecular weight excluding hydrogens is 204 g/mol. The van der Waals surface area contributed by atoms with E-state index in [9.17, 15) is 4.79 Å². The van der Waals surface area contributed by atoms with Crippen LogP contribution in [0.1, 0.15) is 32.1 Å². The van der Waals surface area contributed by atoms with Crippen LogP contribution >= 0.6 is 0 Å². The summed E-state index contributed by atoms with van der Waals surface area (Å²) >= 11 is 0. The maximum absolute atomic E-state index is 11.6. The normalized spacial score (nSPS) is 30.6. The van der Waals surface area contributed by atoms with E-state index in [4.69, 9.17) is 4.74 Å². The Labute approximate surface area is 97.5 Å². The number of hydrogen-bond acceptors (Lipinski definition) is 3. The minimum Gasteiger partial charge on any atom is -0.444 e. The third-order valence-electron chi connectivity index (χ3n) is 3.64. The molecule has 0 aliphatic carbocycles. The first-order valence-corrected chi connectivity index (χ1v) is 6.30. The summed E-state index contributed by atoms with van der Waals surface area (Å²) in [5.74, 6) is 0. The molecule has 2 heterocycles. The van der Waals surface area contributed by atoms with Crippen LogP contribution in [0.25, 0.3) is 0 Å². The summed E-state index contributed by atoms with van der Waals surface area (Å²) in [5.41, 5.74) is 0. The summed E-state index contributed by atoms with van der Waals surface area (Å²) in [6, 6.07) is 0.478. The number of carbonyl (C=O) groups is 1. The molecule has 2 unspecified atom stereocenters. The van der Waals surface area contributed by atoms with Gasteiger partial charge in [-0.2, -0.15) is 0 Å². The molecule has 0 radical (unpaired) electrons. The van der Waals surface area contributed by atoms with Crippen molar-refractivity contribution < 1.29 is 9.53 Å². The Kier molecular flexibility index (Phi) is 3.69. The predicted octanol–water partition coefficient (Wildman–Crippen LogP) is 1.70. The van der Waals surface area contributed by atoms with Crippen LogP contribution in [0.15, 0.2) is 0 Å². The summed E-state index contributed by atoms with van der Waals surface area (Å²) in [6.45, 7) is 2.36. The van der Waals surface area contributed by atoms with Crippen molar-refractivity contribution in [1.29, 1.82) is 0 Å². The monoisotopic (exact) mass is 226 g/mol. The van der Waals surface area contributed by atoms with Crippen molar-refractivity contribution in [3.05, 3.63) is 0 Å². The highest BCUT2D eigenvalue weighted by atomic mass is 16.6. The van der Waals surface area contributed by atoms with E-state index in [2.05, 4.69) is 4.90 Å². The summed E-state index contributed by atoms with van der Waals surface area (Å²) in [5, 5.41) is 0. The van der Waals surface area contributed by atoms with Gasteiger partial charge < -0.3 is 9.64 Å². The predicted molar refractivity (Wildman–Crippen MR) is 62.4 cm³/mol. The summed E-state index contributed by atoms with van der Waals surface area (Å²) in [4.78, 5) is 15.6. The molecule has 2 atom stereocenters. The molecular formula is C12H22N2O2. The molecule has 4 heteroatoms.